The third-order valence-electron chi connectivity index (χ3n) is 6.64. The average molecular weight is 496 g/mol. The molecule has 1 aromatic rings. The van der Waals surface area contributed by atoms with E-state index in [4.69, 9.17) is 14.2 Å². The molecule has 0 spiro atoms. The monoisotopic (exact) mass is 496 g/mol. The van der Waals surface area contributed by atoms with Crippen LogP contribution in [-0.4, -0.2) is 46.0 Å². The fourth-order valence-corrected chi connectivity index (χ4v) is 5.23. The maximum atomic E-state index is 13.6. The standard InChI is InChI=1S/C26H24O10/c1-11(27)26(36-14(4)30)9-17-19(18(10-26)34-12(2)28)24(33)20-21(25(17)35-13(3)29)23(32)16-8-6-5-7-15(16)22(20)31/h5-8,15-16,18,33H,9-10H2,1-4H3. The molecule has 188 valence electrons. The molecule has 10 heteroatoms. The van der Waals surface area contributed by atoms with Crippen molar-refractivity contribution in [3.63, 3.8) is 0 Å². The van der Waals surface area contributed by atoms with Crippen molar-refractivity contribution in [2.45, 2.75) is 52.2 Å². The molecule has 4 atom stereocenters. The maximum Gasteiger partial charge on any atom is 0.308 e. The molecule has 1 aromatic carbocycles. The van der Waals surface area contributed by atoms with Crippen LogP contribution in [0, 0.1) is 11.8 Å². The highest BCUT2D eigenvalue weighted by atomic mass is 16.6. The highest BCUT2D eigenvalue weighted by Gasteiger charge is 2.53. The SMILES string of the molecule is CC(=O)Oc1c2c(c(O)c3c1C(=O)C1C=CC=CC1C3=O)C(OC(C)=O)CC(OC(C)=O)(C(C)=O)C2. The minimum Gasteiger partial charge on any atom is -0.507 e. The Kier molecular flexibility index (Phi) is 6.15. The summed E-state index contributed by atoms with van der Waals surface area (Å²) in [6.07, 6.45) is 4.23. The van der Waals surface area contributed by atoms with Gasteiger partial charge in [-0.1, -0.05) is 24.3 Å². The second-order valence-electron chi connectivity index (χ2n) is 9.09. The lowest BCUT2D eigenvalue weighted by Gasteiger charge is -2.41. The Morgan fingerprint density at radius 1 is 0.889 bits per heavy atom. The summed E-state index contributed by atoms with van der Waals surface area (Å²) in [4.78, 5) is 75.9. The van der Waals surface area contributed by atoms with Crippen molar-refractivity contribution in [1.82, 2.24) is 0 Å². The number of carbonyl (C=O) groups is 6. The van der Waals surface area contributed by atoms with Crippen LogP contribution in [-0.2, 0) is 35.1 Å². The molecular formula is C26H24O10. The fraction of sp³-hybridized carbons (Fsp3) is 0.385. The third kappa shape index (κ3) is 3.92. The van der Waals surface area contributed by atoms with Crippen LogP contribution < -0.4 is 4.74 Å². The van der Waals surface area contributed by atoms with Crippen molar-refractivity contribution in [2.75, 3.05) is 0 Å². The molecule has 4 unspecified atom stereocenters. The summed E-state index contributed by atoms with van der Waals surface area (Å²) in [7, 11) is 0. The number of aromatic hydroxyl groups is 1. The van der Waals surface area contributed by atoms with Gasteiger partial charge in [0.05, 0.1) is 23.0 Å². The predicted molar refractivity (Wildman–Crippen MR) is 121 cm³/mol. The zero-order chi connectivity index (χ0) is 26.5. The second kappa shape index (κ2) is 8.85. The number of hydrogen-bond acceptors (Lipinski definition) is 10. The summed E-state index contributed by atoms with van der Waals surface area (Å²) >= 11 is 0. The molecule has 0 aromatic heterocycles. The number of esters is 3. The first kappa shape index (κ1) is 25.0. The van der Waals surface area contributed by atoms with Gasteiger partial charge in [0.1, 0.15) is 17.6 Å². The van der Waals surface area contributed by atoms with Crippen LogP contribution in [0.15, 0.2) is 24.3 Å². The van der Waals surface area contributed by atoms with E-state index in [1.807, 2.05) is 0 Å². The van der Waals surface area contributed by atoms with E-state index < -0.39 is 64.5 Å². The van der Waals surface area contributed by atoms with E-state index in [0.29, 0.717) is 0 Å². The quantitative estimate of drug-likeness (QED) is 0.486. The van der Waals surface area contributed by atoms with Gasteiger partial charge in [0, 0.05) is 44.7 Å². The Morgan fingerprint density at radius 3 is 1.97 bits per heavy atom. The number of phenolic OH excluding ortho intramolecular Hbond substituents is 1. The zero-order valence-electron chi connectivity index (χ0n) is 20.1. The highest BCUT2D eigenvalue weighted by molar-refractivity contribution is 6.20. The number of rotatable bonds is 4. The van der Waals surface area contributed by atoms with Crippen LogP contribution in [0.2, 0.25) is 0 Å². The Bertz CT molecular complexity index is 1300. The van der Waals surface area contributed by atoms with E-state index in [1.165, 1.54) is 6.92 Å². The van der Waals surface area contributed by atoms with E-state index in [2.05, 4.69) is 0 Å². The number of phenols is 1. The van der Waals surface area contributed by atoms with Crippen molar-refractivity contribution in [3.8, 4) is 11.5 Å². The van der Waals surface area contributed by atoms with Gasteiger partial charge in [0.2, 0.25) is 0 Å². The van der Waals surface area contributed by atoms with Crippen LogP contribution in [0.4, 0.5) is 0 Å². The number of Topliss-reactive ketones (excluding diaryl/α,β-unsaturated/α-hetero) is 3. The lowest BCUT2D eigenvalue weighted by atomic mass is 9.68. The Hall–Kier alpha value is -4.08. The van der Waals surface area contributed by atoms with Gasteiger partial charge in [-0.05, 0) is 6.92 Å². The molecule has 3 aliphatic carbocycles. The van der Waals surface area contributed by atoms with Gasteiger partial charge < -0.3 is 19.3 Å². The van der Waals surface area contributed by atoms with Gasteiger partial charge in [-0.25, -0.2) is 0 Å². The van der Waals surface area contributed by atoms with Gasteiger partial charge in [-0.2, -0.15) is 0 Å². The number of ether oxygens (including phenoxy) is 3. The highest BCUT2D eigenvalue weighted by Crippen LogP contribution is 2.53. The molecule has 0 saturated heterocycles. The fourth-order valence-electron chi connectivity index (χ4n) is 5.23. The minimum atomic E-state index is -1.84. The number of hydrogen-bond donors (Lipinski definition) is 1. The number of carbonyl (C=O) groups excluding carboxylic acids is 6. The Balaban J connectivity index is 2.08. The van der Waals surface area contributed by atoms with Crippen molar-refractivity contribution in [3.05, 3.63) is 46.6 Å². The molecule has 36 heavy (non-hydrogen) atoms. The van der Waals surface area contributed by atoms with Crippen molar-refractivity contribution in [1.29, 1.82) is 0 Å². The molecule has 0 amide bonds. The first-order valence-electron chi connectivity index (χ1n) is 11.3. The number of fused-ring (bicyclic) bond motifs is 3. The summed E-state index contributed by atoms with van der Waals surface area (Å²) in [6.45, 7) is 4.48. The average Bonchev–Trinajstić information content (AvgIpc) is 2.77. The number of ketones is 3. The molecular weight excluding hydrogens is 472 g/mol. The molecule has 1 N–H and O–H groups in total. The van der Waals surface area contributed by atoms with Gasteiger partial charge in [0.15, 0.2) is 23.0 Å². The zero-order valence-corrected chi connectivity index (χ0v) is 20.1. The topological polar surface area (TPSA) is 150 Å². The molecule has 0 fully saturated rings. The molecule has 4 rings (SSSR count). The van der Waals surface area contributed by atoms with E-state index >= 15 is 0 Å². The lowest BCUT2D eigenvalue weighted by Crippen LogP contribution is -2.48. The van der Waals surface area contributed by atoms with Gasteiger partial charge in [-0.3, -0.25) is 28.8 Å². The maximum absolute atomic E-state index is 13.6. The van der Waals surface area contributed by atoms with Crippen molar-refractivity contribution < 1.29 is 48.1 Å². The Morgan fingerprint density at radius 2 is 1.47 bits per heavy atom. The molecule has 0 saturated carbocycles. The Labute approximate surface area is 205 Å². The lowest BCUT2D eigenvalue weighted by molar-refractivity contribution is -0.173. The summed E-state index contributed by atoms with van der Waals surface area (Å²) in [5.41, 5.74) is -2.62. The molecule has 0 radical (unpaired) electrons. The van der Waals surface area contributed by atoms with E-state index in [-0.39, 0.29) is 40.8 Å². The minimum absolute atomic E-state index is 0.0367. The van der Waals surface area contributed by atoms with Crippen LogP contribution >= 0.6 is 0 Å². The second-order valence-corrected chi connectivity index (χ2v) is 9.09. The molecule has 0 aliphatic heterocycles. The van der Waals surface area contributed by atoms with Crippen molar-refractivity contribution >= 4 is 35.3 Å². The van der Waals surface area contributed by atoms with Crippen LogP contribution in [0.1, 0.15) is 72.1 Å². The van der Waals surface area contributed by atoms with E-state index in [0.717, 1.165) is 20.8 Å². The molecule has 10 nitrogen and oxygen atoms in total. The molecule has 3 aliphatic rings. The third-order valence-corrected chi connectivity index (χ3v) is 6.64. The van der Waals surface area contributed by atoms with E-state index in [9.17, 15) is 33.9 Å². The summed E-state index contributed by atoms with van der Waals surface area (Å²) in [5, 5.41) is 11.4. The van der Waals surface area contributed by atoms with Crippen LogP contribution in [0.5, 0.6) is 11.5 Å². The smallest absolute Gasteiger partial charge is 0.308 e. The van der Waals surface area contributed by atoms with E-state index in [1.54, 1.807) is 24.3 Å². The van der Waals surface area contributed by atoms with Crippen molar-refractivity contribution in [2.24, 2.45) is 11.8 Å². The number of allylic oxidation sites excluding steroid dienone is 4. The van der Waals surface area contributed by atoms with Crippen LogP contribution in [0.25, 0.3) is 0 Å². The first-order valence-corrected chi connectivity index (χ1v) is 11.3. The largest absolute Gasteiger partial charge is 0.507 e. The molecule has 0 bridgehead atoms. The summed E-state index contributed by atoms with van der Waals surface area (Å²) < 4.78 is 16.3. The summed E-state index contributed by atoms with van der Waals surface area (Å²) in [6, 6.07) is 0. The summed E-state index contributed by atoms with van der Waals surface area (Å²) in [5.74, 6) is -6.84. The van der Waals surface area contributed by atoms with Gasteiger partial charge in [-0.15, -0.1) is 0 Å². The normalized spacial score (nSPS) is 25.8. The van der Waals surface area contributed by atoms with Gasteiger partial charge >= 0.3 is 17.9 Å². The predicted octanol–water partition coefficient (Wildman–Crippen LogP) is 2.50. The number of benzene rings is 1. The molecule has 0 heterocycles. The first-order chi connectivity index (χ1) is 16.9. The van der Waals surface area contributed by atoms with Gasteiger partial charge in [0.25, 0.3) is 0 Å². The van der Waals surface area contributed by atoms with Crippen LogP contribution in [0.3, 0.4) is 0 Å².